The van der Waals surface area contributed by atoms with Crippen LogP contribution in [0, 0.1) is 0 Å². The van der Waals surface area contributed by atoms with Crippen LogP contribution in [0.1, 0.15) is 16.1 Å². The fourth-order valence-electron chi connectivity index (χ4n) is 2.27. The molecule has 10 N–H and O–H groups in total. The summed E-state index contributed by atoms with van der Waals surface area (Å²) in [6, 6.07) is 5.64. The SMILES string of the molecule is CN=C(NCCSCc1csc(N=C(N)N)n1)NS(=O)(=O)c1cccc(C([NH3+])=O)c1.O=C([O-])/C=C/C(=O)O. The van der Waals surface area contributed by atoms with Gasteiger partial charge in [0.05, 0.1) is 22.1 Å². The van der Waals surface area contributed by atoms with E-state index in [2.05, 4.69) is 30.7 Å². The average Bonchev–Trinajstić information content (AvgIpc) is 3.28. The number of thioether (sulfide) groups is 1. The van der Waals surface area contributed by atoms with Gasteiger partial charge in [-0.15, -0.1) is 11.3 Å². The number of rotatable bonds is 11. The maximum absolute atomic E-state index is 12.5. The third kappa shape index (κ3) is 12.8. The quantitative estimate of drug-likeness (QED) is 0.0695. The van der Waals surface area contributed by atoms with Crippen molar-refractivity contribution in [2.45, 2.75) is 10.6 Å². The van der Waals surface area contributed by atoms with E-state index >= 15 is 0 Å². The van der Waals surface area contributed by atoms with Gasteiger partial charge in [-0.05, 0) is 24.3 Å². The molecule has 206 valence electrons. The highest BCUT2D eigenvalue weighted by Crippen LogP contribution is 2.21. The average molecular weight is 587 g/mol. The number of aliphatic carboxylic acids is 2. The number of carboxylic acid groups (broad SMARTS) is 2. The van der Waals surface area contributed by atoms with Gasteiger partial charge in [-0.1, -0.05) is 6.07 Å². The number of carbonyl (C=O) groups excluding carboxylic acids is 2. The van der Waals surface area contributed by atoms with Crippen molar-refractivity contribution in [3.05, 3.63) is 53.1 Å². The number of hydrogen-bond acceptors (Lipinski definition) is 11. The number of guanidine groups is 2. The Morgan fingerprint density at radius 3 is 2.55 bits per heavy atom. The van der Waals surface area contributed by atoms with Crippen molar-refractivity contribution < 1.29 is 38.7 Å². The van der Waals surface area contributed by atoms with E-state index in [0.29, 0.717) is 35.3 Å². The minimum absolute atomic E-state index is 0.0359. The Bertz CT molecular complexity index is 1300. The molecule has 1 heterocycles. The van der Waals surface area contributed by atoms with Crippen molar-refractivity contribution in [2.24, 2.45) is 21.5 Å². The third-order valence-electron chi connectivity index (χ3n) is 3.84. The van der Waals surface area contributed by atoms with Gasteiger partial charge in [0.25, 0.3) is 10.0 Å². The predicted octanol–water partition coefficient (Wildman–Crippen LogP) is -2.41. The van der Waals surface area contributed by atoms with E-state index in [1.807, 2.05) is 5.38 Å². The van der Waals surface area contributed by atoms with Crippen molar-refractivity contribution in [2.75, 3.05) is 19.3 Å². The maximum atomic E-state index is 12.5. The van der Waals surface area contributed by atoms with E-state index in [1.54, 1.807) is 11.8 Å². The van der Waals surface area contributed by atoms with Gasteiger partial charge in [0, 0.05) is 36.6 Å². The first-order valence-corrected chi connectivity index (χ1v) is 13.8. The summed E-state index contributed by atoms with van der Waals surface area (Å²) in [6.45, 7) is 0.474. The molecule has 0 aliphatic rings. The van der Waals surface area contributed by atoms with Crippen LogP contribution in [0.25, 0.3) is 0 Å². The van der Waals surface area contributed by atoms with Gasteiger partial charge in [-0.2, -0.15) is 16.8 Å². The molecule has 38 heavy (non-hydrogen) atoms. The van der Waals surface area contributed by atoms with Crippen molar-refractivity contribution >= 4 is 68.0 Å². The minimum atomic E-state index is -3.89. The van der Waals surface area contributed by atoms with Crippen LogP contribution in [-0.4, -0.2) is 67.6 Å². The minimum Gasteiger partial charge on any atom is -0.545 e. The summed E-state index contributed by atoms with van der Waals surface area (Å²) in [7, 11) is -2.43. The van der Waals surface area contributed by atoms with E-state index in [4.69, 9.17) is 16.6 Å². The molecule has 18 heteroatoms. The fourth-order valence-corrected chi connectivity index (χ4v) is 4.90. The van der Waals surface area contributed by atoms with Crippen LogP contribution in [0.15, 0.2) is 56.7 Å². The highest BCUT2D eigenvalue weighted by molar-refractivity contribution is 7.98. The van der Waals surface area contributed by atoms with Gasteiger partial charge in [0.1, 0.15) is 0 Å². The Kier molecular flexibility index (Phi) is 13.5. The standard InChI is InChI=1S/C16H22N8O3S3.C4H4O4/c1-20-15(24-30(26,27)12-4-2-3-10(7-12)13(17)25)21-5-6-28-8-11-9-29-16(22-11)23-14(18)19;5-3(6)1-2-4(7)8/h2-4,7,9H,5-6,8H2,1H3,(H2,17,25)(H2,20,21,24)(H4,18,19,22,23);1-2H,(H,5,6)(H,7,8)/b;2-1+. The normalized spacial score (nSPS) is 11.3. The first-order valence-electron chi connectivity index (χ1n) is 10.3. The van der Waals surface area contributed by atoms with Crippen molar-refractivity contribution in [3.63, 3.8) is 0 Å². The number of nitrogens with zero attached hydrogens (tertiary/aromatic N) is 3. The summed E-state index contributed by atoms with van der Waals surface area (Å²) in [5, 5.41) is 22.5. The summed E-state index contributed by atoms with van der Waals surface area (Å²) in [4.78, 5) is 42.4. The van der Waals surface area contributed by atoms with Crippen molar-refractivity contribution in [1.29, 1.82) is 0 Å². The zero-order chi connectivity index (χ0) is 28.7. The molecule has 15 nitrogen and oxygen atoms in total. The van der Waals surface area contributed by atoms with Gasteiger partial charge in [-0.3, -0.25) is 10.7 Å². The lowest BCUT2D eigenvalue weighted by Gasteiger charge is -2.12. The summed E-state index contributed by atoms with van der Waals surface area (Å²) in [5.41, 5.74) is 15.0. The molecule has 1 aromatic carbocycles. The Hall–Kier alpha value is -4.00. The Labute approximate surface area is 226 Å². The zero-order valence-electron chi connectivity index (χ0n) is 20.0. The first kappa shape index (κ1) is 32.0. The molecule has 0 fully saturated rings. The maximum Gasteiger partial charge on any atom is 0.341 e. The van der Waals surface area contributed by atoms with E-state index in [1.165, 1.54) is 42.6 Å². The predicted molar refractivity (Wildman–Crippen MR) is 141 cm³/mol. The van der Waals surface area contributed by atoms with Crippen LogP contribution in [0.2, 0.25) is 0 Å². The number of aromatic nitrogens is 1. The first-order chi connectivity index (χ1) is 17.8. The van der Waals surface area contributed by atoms with Gasteiger partial charge < -0.3 is 31.8 Å². The molecule has 0 spiro atoms. The van der Waals surface area contributed by atoms with E-state index < -0.39 is 27.9 Å². The number of aliphatic imine (C=N–C) groups is 2. The van der Waals surface area contributed by atoms with Crippen molar-refractivity contribution in [3.8, 4) is 0 Å². The number of quaternary nitrogens is 1. The highest BCUT2D eigenvalue weighted by atomic mass is 32.2. The summed E-state index contributed by atoms with van der Waals surface area (Å²) < 4.78 is 27.4. The van der Waals surface area contributed by atoms with Gasteiger partial charge in [0.15, 0.2) is 5.96 Å². The lowest BCUT2D eigenvalue weighted by Crippen LogP contribution is -2.56. The molecule has 1 amide bonds. The lowest BCUT2D eigenvalue weighted by atomic mass is 10.2. The van der Waals surface area contributed by atoms with Crippen LogP contribution in [-0.2, 0) is 25.4 Å². The highest BCUT2D eigenvalue weighted by Gasteiger charge is 2.18. The number of carboxylic acids is 2. The lowest BCUT2D eigenvalue weighted by molar-refractivity contribution is -0.297. The second-order valence-corrected chi connectivity index (χ2v) is 10.4. The molecule has 0 atom stereocenters. The number of amides is 1. The molecule has 2 rings (SSSR count). The van der Waals surface area contributed by atoms with Gasteiger partial charge >= 0.3 is 11.9 Å². The number of carbonyl (C=O) groups is 3. The molecular weight excluding hydrogens is 560 g/mol. The topological polar surface area (TPSA) is 270 Å². The number of benzene rings is 1. The van der Waals surface area contributed by atoms with Gasteiger partial charge in [-0.25, -0.2) is 27.7 Å². The van der Waals surface area contributed by atoms with Crippen LogP contribution in [0.5, 0.6) is 0 Å². The molecule has 0 aliphatic carbocycles. The number of nitrogens with two attached hydrogens (primary N) is 2. The molecule has 0 saturated heterocycles. The Balaban J connectivity index is 0.000000781. The molecule has 0 bridgehead atoms. The Morgan fingerprint density at radius 1 is 1.29 bits per heavy atom. The number of thiazole rings is 1. The van der Waals surface area contributed by atoms with E-state index in [0.717, 1.165) is 5.69 Å². The molecule has 0 aliphatic heterocycles. The second-order valence-electron chi connectivity index (χ2n) is 6.76. The molecule has 1 aromatic heterocycles. The molecule has 0 saturated carbocycles. The van der Waals surface area contributed by atoms with Crippen LogP contribution < -0.4 is 32.3 Å². The van der Waals surface area contributed by atoms with Crippen LogP contribution >= 0.6 is 23.1 Å². The number of nitrogens with one attached hydrogen (secondary N) is 2. The monoisotopic (exact) mass is 586 g/mol. The molecule has 0 unspecified atom stereocenters. The summed E-state index contributed by atoms with van der Waals surface area (Å²) >= 11 is 2.95. The fraction of sp³-hybridized carbons (Fsp3) is 0.200. The smallest absolute Gasteiger partial charge is 0.341 e. The summed E-state index contributed by atoms with van der Waals surface area (Å²) in [5.74, 6) is -1.86. The van der Waals surface area contributed by atoms with Crippen LogP contribution in [0.4, 0.5) is 5.13 Å². The molecule has 2 aromatic rings. The zero-order valence-corrected chi connectivity index (χ0v) is 22.4. The van der Waals surface area contributed by atoms with Crippen LogP contribution in [0.3, 0.4) is 0 Å². The number of hydrogen-bond donors (Lipinski definition) is 6. The molecular formula is C20H26N8O7S3. The van der Waals surface area contributed by atoms with Crippen molar-refractivity contribution in [1.82, 2.24) is 15.0 Å². The molecule has 0 radical (unpaired) electrons. The van der Waals surface area contributed by atoms with E-state index in [9.17, 15) is 27.9 Å². The van der Waals surface area contributed by atoms with Gasteiger partial charge in [0.2, 0.25) is 11.1 Å². The number of sulfonamides is 1. The second kappa shape index (κ2) is 16.0. The Morgan fingerprint density at radius 2 is 2.00 bits per heavy atom. The summed E-state index contributed by atoms with van der Waals surface area (Å²) in [6.07, 6.45) is 0.942. The van der Waals surface area contributed by atoms with E-state index in [-0.39, 0.29) is 22.4 Å². The largest absolute Gasteiger partial charge is 0.545 e. The third-order valence-corrected chi connectivity index (χ3v) is 6.95.